The zero-order valence-electron chi connectivity index (χ0n) is 9.59. The van der Waals surface area contributed by atoms with E-state index in [2.05, 4.69) is 5.32 Å². The van der Waals surface area contributed by atoms with Crippen LogP contribution in [-0.4, -0.2) is 71.4 Å². The van der Waals surface area contributed by atoms with E-state index >= 15 is 0 Å². The first-order valence-corrected chi connectivity index (χ1v) is 5.21. The van der Waals surface area contributed by atoms with Gasteiger partial charge in [0.05, 0.1) is 0 Å². The number of piperazine rings is 1. The van der Waals surface area contributed by atoms with E-state index in [4.69, 9.17) is 10.8 Å². The lowest BCUT2D eigenvalue weighted by Gasteiger charge is -2.31. The number of rotatable bonds is 4. The third-order valence-electron chi connectivity index (χ3n) is 2.25. The van der Waals surface area contributed by atoms with Gasteiger partial charge in [0.2, 0.25) is 11.8 Å². The smallest absolute Gasteiger partial charge is 0.323 e. The largest absolute Gasteiger partial charge is 0.480 e. The summed E-state index contributed by atoms with van der Waals surface area (Å²) in [4.78, 5) is 46.4. The van der Waals surface area contributed by atoms with Gasteiger partial charge in [0, 0.05) is 13.1 Å². The van der Waals surface area contributed by atoms with Crippen LogP contribution in [0.5, 0.6) is 0 Å². The Kier molecular flexibility index (Phi) is 4.46. The van der Waals surface area contributed by atoms with Crippen molar-refractivity contribution in [3.63, 3.8) is 0 Å². The zero-order valence-corrected chi connectivity index (χ0v) is 9.59. The van der Waals surface area contributed by atoms with Crippen molar-refractivity contribution in [1.82, 2.24) is 15.1 Å². The number of carbonyl (C=O) groups is 4. The molecule has 0 radical (unpaired) electrons. The van der Waals surface area contributed by atoms with E-state index in [-0.39, 0.29) is 19.0 Å². The second kappa shape index (κ2) is 5.84. The number of hydrogen-bond acceptors (Lipinski definition) is 4. The molecule has 9 nitrogen and oxygen atoms in total. The number of carbonyl (C=O) groups excluding carboxylic acids is 3. The summed E-state index contributed by atoms with van der Waals surface area (Å²) in [5.41, 5.74) is 4.94. The first-order valence-electron chi connectivity index (χ1n) is 5.21. The maximum Gasteiger partial charge on any atom is 0.323 e. The Bertz CT molecular complexity index is 367. The van der Waals surface area contributed by atoms with Gasteiger partial charge in [0.1, 0.15) is 19.6 Å². The highest BCUT2D eigenvalue weighted by Crippen LogP contribution is 2.01. The molecule has 4 N–H and O–H groups in total. The van der Waals surface area contributed by atoms with Gasteiger partial charge in [-0.25, -0.2) is 4.79 Å². The van der Waals surface area contributed by atoms with Crippen molar-refractivity contribution in [3.05, 3.63) is 0 Å². The fourth-order valence-corrected chi connectivity index (χ4v) is 1.54. The van der Waals surface area contributed by atoms with Crippen LogP contribution in [0.15, 0.2) is 0 Å². The summed E-state index contributed by atoms with van der Waals surface area (Å²) in [5.74, 6) is -2.40. The highest BCUT2D eigenvalue weighted by Gasteiger charge is 2.27. The topological polar surface area (TPSA) is 133 Å². The first-order chi connectivity index (χ1) is 8.40. The molecule has 0 aromatic heterocycles. The van der Waals surface area contributed by atoms with Crippen molar-refractivity contribution in [2.45, 2.75) is 0 Å². The molecular formula is C9H14N4O5. The van der Waals surface area contributed by atoms with Crippen molar-refractivity contribution in [2.75, 3.05) is 32.7 Å². The number of carboxylic acid groups (broad SMARTS) is 1. The molecule has 100 valence electrons. The predicted molar refractivity (Wildman–Crippen MR) is 58.4 cm³/mol. The molecule has 0 bridgehead atoms. The summed E-state index contributed by atoms with van der Waals surface area (Å²) in [6, 6.07) is -0.689. The normalized spacial score (nSPS) is 14.9. The van der Waals surface area contributed by atoms with Crippen molar-refractivity contribution in [1.29, 1.82) is 0 Å². The third kappa shape index (κ3) is 3.92. The minimum Gasteiger partial charge on any atom is -0.480 e. The van der Waals surface area contributed by atoms with Crippen LogP contribution in [0.2, 0.25) is 0 Å². The van der Waals surface area contributed by atoms with E-state index < -0.39 is 31.0 Å². The Balaban J connectivity index is 2.70. The number of primary amides is 1. The lowest BCUT2D eigenvalue weighted by Crippen LogP contribution is -2.55. The number of hydrogen-bond donors (Lipinski definition) is 3. The minimum absolute atomic E-state index is 0.159. The summed E-state index contributed by atoms with van der Waals surface area (Å²) in [6.45, 7) is -0.738. The minimum atomic E-state index is -1.26. The van der Waals surface area contributed by atoms with Gasteiger partial charge in [-0.05, 0) is 0 Å². The molecule has 9 heteroatoms. The SMILES string of the molecule is NC(=O)CN(CC(=O)O)C(=O)N1CCNC(=O)C1. The van der Waals surface area contributed by atoms with Gasteiger partial charge in [-0.15, -0.1) is 0 Å². The van der Waals surface area contributed by atoms with E-state index in [1.165, 1.54) is 4.90 Å². The first kappa shape index (κ1) is 13.7. The number of aliphatic carboxylic acids is 1. The third-order valence-corrected chi connectivity index (χ3v) is 2.25. The van der Waals surface area contributed by atoms with E-state index in [0.29, 0.717) is 6.54 Å². The fraction of sp³-hybridized carbons (Fsp3) is 0.556. The molecule has 1 rings (SSSR count). The van der Waals surface area contributed by atoms with Gasteiger partial charge in [0.15, 0.2) is 0 Å². The Morgan fingerprint density at radius 2 is 2.06 bits per heavy atom. The van der Waals surface area contributed by atoms with E-state index in [9.17, 15) is 19.2 Å². The molecular weight excluding hydrogens is 244 g/mol. The van der Waals surface area contributed by atoms with Gasteiger partial charge >= 0.3 is 12.0 Å². The molecule has 0 unspecified atom stereocenters. The second-order valence-corrected chi connectivity index (χ2v) is 3.77. The number of nitrogens with zero attached hydrogens (tertiary/aromatic N) is 2. The van der Waals surface area contributed by atoms with Crippen LogP contribution in [0.1, 0.15) is 0 Å². The maximum absolute atomic E-state index is 11.9. The molecule has 1 aliphatic rings. The van der Waals surface area contributed by atoms with Crippen LogP contribution in [0.3, 0.4) is 0 Å². The number of nitrogens with one attached hydrogen (secondary N) is 1. The zero-order chi connectivity index (χ0) is 13.7. The van der Waals surface area contributed by atoms with Crippen molar-refractivity contribution >= 4 is 23.8 Å². The average Bonchev–Trinajstić information content (AvgIpc) is 2.26. The summed E-state index contributed by atoms with van der Waals surface area (Å²) in [7, 11) is 0. The molecule has 1 heterocycles. The monoisotopic (exact) mass is 258 g/mol. The molecule has 0 spiro atoms. The Morgan fingerprint density at radius 1 is 1.39 bits per heavy atom. The molecule has 1 saturated heterocycles. The van der Waals surface area contributed by atoms with Crippen LogP contribution in [-0.2, 0) is 14.4 Å². The lowest BCUT2D eigenvalue weighted by atomic mass is 10.3. The molecule has 1 fully saturated rings. The standard InChI is InChI=1S/C9H14N4O5/c10-6(14)3-13(5-8(16)17)9(18)12-2-1-11-7(15)4-12/h1-5H2,(H2,10,14)(H,11,15)(H,16,17). The van der Waals surface area contributed by atoms with Crippen molar-refractivity contribution in [2.24, 2.45) is 5.73 Å². The van der Waals surface area contributed by atoms with Gasteiger partial charge in [-0.1, -0.05) is 0 Å². The van der Waals surface area contributed by atoms with E-state index in [0.717, 1.165) is 4.90 Å². The quantitative estimate of drug-likeness (QED) is 0.509. The number of amides is 4. The van der Waals surface area contributed by atoms with Crippen LogP contribution in [0.25, 0.3) is 0 Å². The second-order valence-electron chi connectivity index (χ2n) is 3.77. The fourth-order valence-electron chi connectivity index (χ4n) is 1.54. The highest BCUT2D eigenvalue weighted by molar-refractivity contribution is 5.89. The summed E-state index contributed by atoms with van der Waals surface area (Å²) in [6.07, 6.45) is 0. The lowest BCUT2D eigenvalue weighted by molar-refractivity contribution is -0.138. The summed E-state index contributed by atoms with van der Waals surface area (Å²) in [5, 5.41) is 11.2. The molecule has 0 aliphatic carbocycles. The van der Waals surface area contributed by atoms with Crippen LogP contribution in [0.4, 0.5) is 4.79 Å². The van der Waals surface area contributed by atoms with Gasteiger partial charge in [-0.3, -0.25) is 14.4 Å². The van der Waals surface area contributed by atoms with E-state index in [1.54, 1.807) is 0 Å². The number of urea groups is 1. The number of carboxylic acids is 1. The molecule has 0 aromatic carbocycles. The van der Waals surface area contributed by atoms with Crippen LogP contribution in [0, 0.1) is 0 Å². The Morgan fingerprint density at radius 3 is 2.56 bits per heavy atom. The molecule has 0 aromatic rings. The number of nitrogens with two attached hydrogens (primary N) is 1. The molecule has 1 aliphatic heterocycles. The average molecular weight is 258 g/mol. The van der Waals surface area contributed by atoms with Crippen molar-refractivity contribution < 1.29 is 24.3 Å². The molecule has 18 heavy (non-hydrogen) atoms. The molecule has 0 atom stereocenters. The summed E-state index contributed by atoms with van der Waals surface area (Å²) < 4.78 is 0. The van der Waals surface area contributed by atoms with Gasteiger partial charge < -0.3 is 26.0 Å². The predicted octanol–water partition coefficient (Wildman–Crippen LogP) is -2.59. The van der Waals surface area contributed by atoms with Crippen LogP contribution >= 0.6 is 0 Å². The van der Waals surface area contributed by atoms with Gasteiger partial charge in [-0.2, -0.15) is 0 Å². The Hall–Kier alpha value is -2.32. The van der Waals surface area contributed by atoms with Crippen molar-refractivity contribution in [3.8, 4) is 0 Å². The highest BCUT2D eigenvalue weighted by atomic mass is 16.4. The Labute approximate surface area is 103 Å². The van der Waals surface area contributed by atoms with Crippen LogP contribution < -0.4 is 11.1 Å². The maximum atomic E-state index is 11.9. The van der Waals surface area contributed by atoms with E-state index in [1.807, 2.05) is 0 Å². The van der Waals surface area contributed by atoms with Gasteiger partial charge in [0.25, 0.3) is 0 Å². The molecule has 4 amide bonds. The summed E-state index contributed by atoms with van der Waals surface area (Å²) >= 11 is 0. The molecule has 0 saturated carbocycles.